The molecule has 1 amide bonds. The molecule has 0 saturated heterocycles. The summed E-state index contributed by atoms with van der Waals surface area (Å²) in [6.45, 7) is 5.11. The van der Waals surface area contributed by atoms with Gasteiger partial charge in [0.25, 0.3) is 15.9 Å². The number of esters is 1. The standard InChI is InChI=1S/C21H26N2O5S/c1-6-23(18-10-8-7-9-11-18)29(26,27)19-14-17(13-12-15(19)2)21(25)28-16(3)20(24)22(4)5/h7-14,16H,6H2,1-5H3/t16-/m1/s1. The highest BCUT2D eigenvalue weighted by molar-refractivity contribution is 7.92. The van der Waals surface area contributed by atoms with E-state index in [0.29, 0.717) is 11.3 Å². The predicted octanol–water partition coefficient (Wildman–Crippen LogP) is 2.84. The van der Waals surface area contributed by atoms with Crippen molar-refractivity contribution in [3.05, 3.63) is 59.7 Å². The number of sulfonamides is 1. The Morgan fingerprint density at radius 3 is 2.24 bits per heavy atom. The van der Waals surface area contributed by atoms with E-state index < -0.39 is 22.1 Å². The topological polar surface area (TPSA) is 84.0 Å². The van der Waals surface area contributed by atoms with E-state index in [1.165, 1.54) is 28.3 Å². The average Bonchev–Trinajstić information content (AvgIpc) is 2.68. The molecule has 7 nitrogen and oxygen atoms in total. The molecule has 0 radical (unpaired) electrons. The highest BCUT2D eigenvalue weighted by Crippen LogP contribution is 2.26. The van der Waals surface area contributed by atoms with E-state index >= 15 is 0 Å². The van der Waals surface area contributed by atoms with Gasteiger partial charge in [-0.25, -0.2) is 13.2 Å². The van der Waals surface area contributed by atoms with Crippen LogP contribution < -0.4 is 4.31 Å². The number of likely N-dealkylation sites (N-methyl/N-ethyl adjacent to an activating group) is 1. The third kappa shape index (κ3) is 4.95. The quantitative estimate of drug-likeness (QED) is 0.646. The van der Waals surface area contributed by atoms with Crippen molar-refractivity contribution in [1.29, 1.82) is 0 Å². The molecule has 0 heterocycles. The maximum absolute atomic E-state index is 13.3. The molecule has 2 aromatic carbocycles. The zero-order chi connectivity index (χ0) is 21.8. The summed E-state index contributed by atoms with van der Waals surface area (Å²) in [6.07, 6.45) is -0.977. The highest BCUT2D eigenvalue weighted by atomic mass is 32.2. The monoisotopic (exact) mass is 418 g/mol. The van der Waals surface area contributed by atoms with Crippen molar-refractivity contribution in [2.24, 2.45) is 0 Å². The summed E-state index contributed by atoms with van der Waals surface area (Å²) in [5.74, 6) is -1.12. The van der Waals surface area contributed by atoms with Crippen molar-refractivity contribution in [1.82, 2.24) is 4.90 Å². The molecule has 2 aromatic rings. The number of ether oxygens (including phenoxy) is 1. The summed E-state index contributed by atoms with van der Waals surface area (Å²) < 4.78 is 33.1. The minimum Gasteiger partial charge on any atom is -0.449 e. The minimum atomic E-state index is -3.90. The van der Waals surface area contributed by atoms with Gasteiger partial charge in [0, 0.05) is 20.6 Å². The van der Waals surface area contributed by atoms with E-state index in [9.17, 15) is 18.0 Å². The fourth-order valence-electron chi connectivity index (χ4n) is 2.85. The lowest BCUT2D eigenvalue weighted by Gasteiger charge is -2.24. The van der Waals surface area contributed by atoms with Crippen LogP contribution in [0.4, 0.5) is 5.69 Å². The van der Waals surface area contributed by atoms with Crippen LogP contribution in [-0.4, -0.2) is 51.9 Å². The third-order valence-corrected chi connectivity index (χ3v) is 6.44. The average molecular weight is 419 g/mol. The Hall–Kier alpha value is -2.87. The zero-order valence-corrected chi connectivity index (χ0v) is 18.1. The van der Waals surface area contributed by atoms with Crippen molar-refractivity contribution in [3.8, 4) is 0 Å². The van der Waals surface area contributed by atoms with Gasteiger partial charge in [0.1, 0.15) is 0 Å². The first kappa shape index (κ1) is 22.4. The van der Waals surface area contributed by atoms with Crippen LogP contribution in [0.5, 0.6) is 0 Å². The number of carbonyl (C=O) groups excluding carboxylic acids is 2. The first-order chi connectivity index (χ1) is 13.6. The molecule has 1 atom stereocenters. The normalized spacial score (nSPS) is 12.2. The smallest absolute Gasteiger partial charge is 0.338 e. The Kier molecular flexibility index (Phi) is 7.02. The molecule has 0 bridgehead atoms. The number of aryl methyl sites for hydroxylation is 1. The molecule has 8 heteroatoms. The Morgan fingerprint density at radius 2 is 1.69 bits per heavy atom. The van der Waals surface area contributed by atoms with Crippen LogP contribution in [0.1, 0.15) is 29.8 Å². The summed E-state index contributed by atoms with van der Waals surface area (Å²) >= 11 is 0. The molecule has 0 unspecified atom stereocenters. The van der Waals surface area contributed by atoms with Crippen molar-refractivity contribution < 1.29 is 22.7 Å². The lowest BCUT2D eigenvalue weighted by Crippen LogP contribution is -2.35. The van der Waals surface area contributed by atoms with Crippen molar-refractivity contribution in [2.75, 3.05) is 24.9 Å². The number of hydrogen-bond donors (Lipinski definition) is 0. The molecule has 0 fully saturated rings. The molecule has 156 valence electrons. The van der Waals surface area contributed by atoms with E-state index in [-0.39, 0.29) is 22.9 Å². The van der Waals surface area contributed by atoms with Gasteiger partial charge in [-0.15, -0.1) is 0 Å². The Balaban J connectivity index is 2.39. The predicted molar refractivity (Wildman–Crippen MR) is 111 cm³/mol. The largest absolute Gasteiger partial charge is 0.449 e. The molecular weight excluding hydrogens is 392 g/mol. The van der Waals surface area contributed by atoms with Gasteiger partial charge in [0.05, 0.1) is 16.1 Å². The molecule has 0 saturated carbocycles. The van der Waals surface area contributed by atoms with Gasteiger partial charge in [0.2, 0.25) is 0 Å². The van der Waals surface area contributed by atoms with Gasteiger partial charge in [-0.05, 0) is 50.6 Å². The Labute approximate surface area is 171 Å². The van der Waals surface area contributed by atoms with Crippen LogP contribution in [0.2, 0.25) is 0 Å². The molecule has 0 aliphatic carbocycles. The van der Waals surface area contributed by atoms with Gasteiger partial charge in [-0.1, -0.05) is 24.3 Å². The van der Waals surface area contributed by atoms with E-state index in [1.807, 2.05) is 6.07 Å². The van der Waals surface area contributed by atoms with E-state index in [0.717, 1.165) is 0 Å². The second-order valence-electron chi connectivity index (χ2n) is 6.77. The van der Waals surface area contributed by atoms with E-state index in [2.05, 4.69) is 0 Å². The lowest BCUT2D eigenvalue weighted by atomic mass is 10.1. The summed E-state index contributed by atoms with van der Waals surface area (Å²) in [6, 6.07) is 13.1. The second-order valence-corrected chi connectivity index (χ2v) is 8.60. The number of para-hydroxylation sites is 1. The molecule has 29 heavy (non-hydrogen) atoms. The van der Waals surface area contributed by atoms with Crippen LogP contribution in [0.3, 0.4) is 0 Å². The molecule has 0 N–H and O–H groups in total. The summed E-state index contributed by atoms with van der Waals surface area (Å²) in [4.78, 5) is 25.7. The first-order valence-electron chi connectivity index (χ1n) is 9.20. The maximum Gasteiger partial charge on any atom is 0.338 e. The molecule has 0 aliphatic heterocycles. The highest BCUT2D eigenvalue weighted by Gasteiger charge is 2.27. The number of nitrogens with zero attached hydrogens (tertiary/aromatic N) is 2. The third-order valence-electron chi connectivity index (χ3n) is 4.40. The van der Waals surface area contributed by atoms with Crippen LogP contribution >= 0.6 is 0 Å². The van der Waals surface area contributed by atoms with Gasteiger partial charge >= 0.3 is 5.97 Å². The minimum absolute atomic E-state index is 0.0178. The van der Waals surface area contributed by atoms with Gasteiger partial charge in [0.15, 0.2) is 6.10 Å². The van der Waals surface area contributed by atoms with Gasteiger partial charge in [-0.2, -0.15) is 0 Å². The SMILES string of the molecule is CCN(c1ccccc1)S(=O)(=O)c1cc(C(=O)O[C@H](C)C(=O)N(C)C)ccc1C. The number of hydrogen-bond acceptors (Lipinski definition) is 5. The molecule has 0 aliphatic rings. The van der Waals surface area contributed by atoms with Crippen molar-refractivity contribution in [3.63, 3.8) is 0 Å². The number of carbonyl (C=O) groups is 2. The Morgan fingerprint density at radius 1 is 1.07 bits per heavy atom. The number of anilines is 1. The summed E-state index contributed by atoms with van der Waals surface area (Å²) in [5.41, 5.74) is 1.11. The van der Waals surface area contributed by atoms with E-state index in [1.54, 1.807) is 58.3 Å². The summed E-state index contributed by atoms with van der Waals surface area (Å²) in [7, 11) is -0.775. The number of amides is 1. The van der Waals surface area contributed by atoms with Crippen LogP contribution in [0.25, 0.3) is 0 Å². The first-order valence-corrected chi connectivity index (χ1v) is 10.6. The molecule has 0 aromatic heterocycles. The van der Waals surface area contributed by atoms with Crippen LogP contribution in [0.15, 0.2) is 53.4 Å². The van der Waals surface area contributed by atoms with E-state index in [4.69, 9.17) is 4.74 Å². The zero-order valence-electron chi connectivity index (χ0n) is 17.2. The summed E-state index contributed by atoms with van der Waals surface area (Å²) in [5, 5.41) is 0. The molecular formula is C21H26N2O5S. The fraction of sp³-hybridized carbons (Fsp3) is 0.333. The molecule has 0 spiro atoms. The molecule has 2 rings (SSSR count). The number of benzene rings is 2. The van der Waals surface area contributed by atoms with Crippen LogP contribution in [-0.2, 0) is 19.6 Å². The van der Waals surface area contributed by atoms with Crippen molar-refractivity contribution in [2.45, 2.75) is 31.8 Å². The second kappa shape index (κ2) is 9.09. The van der Waals surface area contributed by atoms with Crippen molar-refractivity contribution >= 4 is 27.6 Å². The Bertz CT molecular complexity index is 987. The lowest BCUT2D eigenvalue weighted by molar-refractivity contribution is -0.137. The van der Waals surface area contributed by atoms with Crippen LogP contribution in [0, 0.1) is 6.92 Å². The fourth-order valence-corrected chi connectivity index (χ4v) is 4.58. The van der Waals surface area contributed by atoms with Gasteiger partial charge in [-0.3, -0.25) is 9.10 Å². The number of rotatable bonds is 7. The maximum atomic E-state index is 13.3. The van der Waals surface area contributed by atoms with Gasteiger partial charge < -0.3 is 9.64 Å².